The van der Waals surface area contributed by atoms with E-state index in [0.717, 1.165) is 16.4 Å². The number of aliphatic hydroxyl groups is 1. The third-order valence-electron chi connectivity index (χ3n) is 2.34. The highest BCUT2D eigenvalue weighted by Gasteiger charge is 2.06. The number of aliphatic hydroxyl groups excluding tert-OH is 1. The van der Waals surface area contributed by atoms with Gasteiger partial charge in [-0.3, -0.25) is 4.98 Å². The van der Waals surface area contributed by atoms with E-state index < -0.39 is 0 Å². The number of pyridine rings is 1. The highest BCUT2D eigenvalue weighted by Crippen LogP contribution is 2.21. The second kappa shape index (κ2) is 5.86. The van der Waals surface area contributed by atoms with E-state index >= 15 is 0 Å². The summed E-state index contributed by atoms with van der Waals surface area (Å²) in [7, 11) is 0. The van der Waals surface area contributed by atoms with Gasteiger partial charge in [0.15, 0.2) is 0 Å². The van der Waals surface area contributed by atoms with E-state index in [4.69, 9.17) is 5.11 Å². The standard InChI is InChI=1S/C12H15N3OS/c1-9(7-16)14-6-10-8-17-12(15-10)11-4-2-3-5-13-11/h2-5,8-9,14,16H,6-7H2,1H3. The van der Waals surface area contributed by atoms with Crippen LogP contribution in [0.15, 0.2) is 29.8 Å². The lowest BCUT2D eigenvalue weighted by Crippen LogP contribution is -2.28. The number of nitrogens with one attached hydrogen (secondary N) is 1. The van der Waals surface area contributed by atoms with Crippen molar-refractivity contribution < 1.29 is 5.11 Å². The van der Waals surface area contributed by atoms with E-state index in [-0.39, 0.29) is 12.6 Å². The summed E-state index contributed by atoms with van der Waals surface area (Å²) in [5.41, 5.74) is 1.88. The molecule has 0 fully saturated rings. The van der Waals surface area contributed by atoms with Crippen LogP contribution in [0, 0.1) is 0 Å². The van der Waals surface area contributed by atoms with Gasteiger partial charge in [0.05, 0.1) is 18.0 Å². The molecule has 0 aliphatic carbocycles. The van der Waals surface area contributed by atoms with Crippen LogP contribution >= 0.6 is 11.3 Å². The molecule has 5 heteroatoms. The molecule has 2 rings (SSSR count). The highest BCUT2D eigenvalue weighted by atomic mass is 32.1. The Balaban J connectivity index is 2.01. The lowest BCUT2D eigenvalue weighted by atomic mass is 10.3. The Morgan fingerprint density at radius 1 is 1.47 bits per heavy atom. The number of hydrogen-bond donors (Lipinski definition) is 2. The molecule has 2 aromatic heterocycles. The number of hydrogen-bond acceptors (Lipinski definition) is 5. The lowest BCUT2D eigenvalue weighted by molar-refractivity contribution is 0.250. The molecule has 0 amide bonds. The zero-order chi connectivity index (χ0) is 12.1. The predicted octanol–water partition coefficient (Wildman–Crippen LogP) is 1.68. The number of aromatic nitrogens is 2. The van der Waals surface area contributed by atoms with Gasteiger partial charge in [-0.05, 0) is 19.1 Å². The number of thiazole rings is 1. The van der Waals surface area contributed by atoms with Crippen LogP contribution in [0.3, 0.4) is 0 Å². The summed E-state index contributed by atoms with van der Waals surface area (Å²) in [4.78, 5) is 8.76. The molecular weight excluding hydrogens is 234 g/mol. The molecule has 2 aromatic rings. The molecule has 0 aliphatic heterocycles. The van der Waals surface area contributed by atoms with Crippen LogP contribution in [0.2, 0.25) is 0 Å². The molecule has 90 valence electrons. The fourth-order valence-corrected chi connectivity index (χ4v) is 2.13. The Bertz CT molecular complexity index is 458. The smallest absolute Gasteiger partial charge is 0.142 e. The zero-order valence-corrected chi connectivity index (χ0v) is 10.4. The van der Waals surface area contributed by atoms with Crippen LogP contribution < -0.4 is 5.32 Å². The van der Waals surface area contributed by atoms with Crippen molar-refractivity contribution in [1.29, 1.82) is 0 Å². The van der Waals surface area contributed by atoms with Crippen molar-refractivity contribution in [3.05, 3.63) is 35.5 Å². The summed E-state index contributed by atoms with van der Waals surface area (Å²) in [6.07, 6.45) is 1.77. The van der Waals surface area contributed by atoms with Crippen molar-refractivity contribution >= 4 is 11.3 Å². The third-order valence-corrected chi connectivity index (χ3v) is 3.25. The largest absolute Gasteiger partial charge is 0.395 e. The first-order valence-corrected chi connectivity index (χ1v) is 6.37. The minimum absolute atomic E-state index is 0.0926. The fraction of sp³-hybridized carbons (Fsp3) is 0.333. The van der Waals surface area contributed by atoms with E-state index in [1.165, 1.54) is 0 Å². The molecule has 0 radical (unpaired) electrons. The molecule has 1 atom stereocenters. The normalized spacial score (nSPS) is 12.6. The Labute approximate surface area is 104 Å². The van der Waals surface area contributed by atoms with Gasteiger partial charge in [0.2, 0.25) is 0 Å². The number of rotatable bonds is 5. The highest BCUT2D eigenvalue weighted by molar-refractivity contribution is 7.13. The number of nitrogens with zero attached hydrogens (tertiary/aromatic N) is 2. The molecule has 0 spiro atoms. The quantitative estimate of drug-likeness (QED) is 0.846. The fourth-order valence-electron chi connectivity index (χ4n) is 1.34. The van der Waals surface area contributed by atoms with Crippen LogP contribution in [0.25, 0.3) is 10.7 Å². The maximum Gasteiger partial charge on any atom is 0.142 e. The summed E-state index contributed by atoms with van der Waals surface area (Å²) < 4.78 is 0. The Kier molecular flexibility index (Phi) is 4.19. The van der Waals surface area contributed by atoms with Crippen molar-refractivity contribution in [3.63, 3.8) is 0 Å². The molecule has 0 saturated carbocycles. The minimum atomic E-state index is 0.0926. The van der Waals surface area contributed by atoms with Crippen molar-refractivity contribution in [2.45, 2.75) is 19.5 Å². The molecule has 0 bridgehead atoms. The van der Waals surface area contributed by atoms with E-state index in [1.54, 1.807) is 17.5 Å². The predicted molar refractivity (Wildman–Crippen MR) is 68.7 cm³/mol. The van der Waals surface area contributed by atoms with E-state index in [1.807, 2.05) is 30.5 Å². The summed E-state index contributed by atoms with van der Waals surface area (Å²) in [6.45, 7) is 2.74. The first-order valence-electron chi connectivity index (χ1n) is 5.49. The molecule has 0 saturated heterocycles. The van der Waals surface area contributed by atoms with Gasteiger partial charge in [0.25, 0.3) is 0 Å². The summed E-state index contributed by atoms with van der Waals surface area (Å²) in [6, 6.07) is 5.89. The van der Waals surface area contributed by atoms with Gasteiger partial charge in [0.1, 0.15) is 5.01 Å². The second-order valence-electron chi connectivity index (χ2n) is 3.82. The molecule has 0 aliphatic rings. The first-order chi connectivity index (χ1) is 8.29. The van der Waals surface area contributed by atoms with Gasteiger partial charge < -0.3 is 10.4 Å². The van der Waals surface area contributed by atoms with Crippen molar-refractivity contribution in [2.24, 2.45) is 0 Å². The summed E-state index contributed by atoms with van der Waals surface area (Å²) in [5, 5.41) is 15.0. The van der Waals surface area contributed by atoms with Gasteiger partial charge in [0, 0.05) is 24.2 Å². The molecule has 0 aromatic carbocycles. The monoisotopic (exact) mass is 249 g/mol. The molecule has 17 heavy (non-hydrogen) atoms. The van der Waals surface area contributed by atoms with Gasteiger partial charge in [-0.1, -0.05) is 6.07 Å². The van der Waals surface area contributed by atoms with Gasteiger partial charge in [-0.25, -0.2) is 4.98 Å². The maximum absolute atomic E-state index is 8.91. The van der Waals surface area contributed by atoms with Crippen LogP contribution in [0.1, 0.15) is 12.6 Å². The second-order valence-corrected chi connectivity index (χ2v) is 4.68. The van der Waals surface area contributed by atoms with Crippen LogP contribution in [0.4, 0.5) is 0 Å². The van der Waals surface area contributed by atoms with Crippen molar-refractivity contribution in [2.75, 3.05) is 6.61 Å². The first kappa shape index (κ1) is 12.2. The molecule has 1 unspecified atom stereocenters. The van der Waals surface area contributed by atoms with Gasteiger partial charge in [-0.2, -0.15) is 0 Å². The van der Waals surface area contributed by atoms with E-state index in [9.17, 15) is 0 Å². The van der Waals surface area contributed by atoms with E-state index in [0.29, 0.717) is 6.54 Å². The molecule has 4 nitrogen and oxygen atoms in total. The van der Waals surface area contributed by atoms with Crippen molar-refractivity contribution in [1.82, 2.24) is 15.3 Å². The topological polar surface area (TPSA) is 58.0 Å². The summed E-state index contributed by atoms with van der Waals surface area (Å²) >= 11 is 1.59. The molecule has 2 heterocycles. The molecular formula is C12H15N3OS. The van der Waals surface area contributed by atoms with E-state index in [2.05, 4.69) is 15.3 Å². The Morgan fingerprint density at radius 2 is 2.35 bits per heavy atom. The van der Waals surface area contributed by atoms with Gasteiger partial charge in [-0.15, -0.1) is 11.3 Å². The average Bonchev–Trinajstić information content (AvgIpc) is 2.86. The Hall–Kier alpha value is -1.30. The van der Waals surface area contributed by atoms with Crippen LogP contribution in [0.5, 0.6) is 0 Å². The minimum Gasteiger partial charge on any atom is -0.395 e. The lowest BCUT2D eigenvalue weighted by Gasteiger charge is -2.08. The average molecular weight is 249 g/mol. The van der Waals surface area contributed by atoms with Crippen LogP contribution in [-0.2, 0) is 6.54 Å². The summed E-state index contributed by atoms with van der Waals surface area (Å²) in [5.74, 6) is 0. The Morgan fingerprint density at radius 3 is 3.06 bits per heavy atom. The van der Waals surface area contributed by atoms with Gasteiger partial charge >= 0.3 is 0 Å². The maximum atomic E-state index is 8.91. The SMILES string of the molecule is CC(CO)NCc1csc(-c2ccccn2)n1. The molecule has 2 N–H and O–H groups in total. The zero-order valence-electron chi connectivity index (χ0n) is 9.63. The van der Waals surface area contributed by atoms with Crippen molar-refractivity contribution in [3.8, 4) is 10.7 Å². The third kappa shape index (κ3) is 3.33. The van der Waals surface area contributed by atoms with Crippen LogP contribution in [-0.4, -0.2) is 27.7 Å².